The molecule has 0 aromatic heterocycles. The Morgan fingerprint density at radius 2 is 1.59 bits per heavy atom. The zero-order chi connectivity index (χ0) is 22.9. The molecule has 32 heavy (non-hydrogen) atoms. The van der Waals surface area contributed by atoms with E-state index in [0.717, 1.165) is 22.3 Å². The van der Waals surface area contributed by atoms with Crippen molar-refractivity contribution in [3.63, 3.8) is 0 Å². The third kappa shape index (κ3) is 2.80. The van der Waals surface area contributed by atoms with Gasteiger partial charge in [0.15, 0.2) is 5.78 Å². The van der Waals surface area contributed by atoms with Crippen molar-refractivity contribution in [2.75, 3.05) is 4.90 Å². The summed E-state index contributed by atoms with van der Waals surface area (Å²) in [5.41, 5.74) is 4.11. The average molecular weight is 429 g/mol. The highest BCUT2D eigenvalue weighted by Crippen LogP contribution is 2.54. The van der Waals surface area contributed by atoms with Crippen LogP contribution >= 0.6 is 0 Å². The van der Waals surface area contributed by atoms with Crippen molar-refractivity contribution in [3.8, 4) is 0 Å². The number of rotatable bonds is 2. The molecule has 0 bridgehead atoms. The molecule has 4 atom stereocenters. The number of hydrogen-bond donors (Lipinski definition) is 0. The van der Waals surface area contributed by atoms with E-state index in [1.807, 2.05) is 94.3 Å². The Kier molecular flexibility index (Phi) is 4.45. The molecule has 2 saturated heterocycles. The summed E-state index contributed by atoms with van der Waals surface area (Å²) >= 11 is 0. The number of amides is 2. The number of carbonyl (C=O) groups excluding carboxylic acids is 3. The molecule has 0 aliphatic carbocycles. The summed E-state index contributed by atoms with van der Waals surface area (Å²) < 4.78 is 0. The van der Waals surface area contributed by atoms with E-state index in [1.165, 1.54) is 4.90 Å². The minimum absolute atomic E-state index is 0.0119. The highest BCUT2D eigenvalue weighted by atomic mass is 16.2. The molecule has 0 radical (unpaired) electrons. The predicted octanol–water partition coefficient (Wildman–Crippen LogP) is 4.43. The van der Waals surface area contributed by atoms with Crippen LogP contribution in [0.2, 0.25) is 0 Å². The van der Waals surface area contributed by atoms with Crippen LogP contribution in [0, 0.1) is 31.1 Å². The first kappa shape index (κ1) is 20.7. The molecule has 3 aliphatic heterocycles. The van der Waals surface area contributed by atoms with E-state index in [2.05, 4.69) is 0 Å². The van der Waals surface area contributed by atoms with Crippen molar-refractivity contribution in [3.05, 3.63) is 70.9 Å². The number of fused-ring (bicyclic) bond motifs is 5. The number of Topliss-reactive ketones (excluding diaryl/α,β-unsaturated/α-hetero) is 1. The first-order valence-corrected chi connectivity index (χ1v) is 11.1. The molecule has 164 valence electrons. The molecule has 3 aliphatic rings. The van der Waals surface area contributed by atoms with Crippen molar-refractivity contribution >= 4 is 29.4 Å². The van der Waals surface area contributed by atoms with Gasteiger partial charge in [0.1, 0.15) is 6.04 Å². The van der Waals surface area contributed by atoms with E-state index in [9.17, 15) is 14.4 Å². The Bertz CT molecular complexity index is 1190. The van der Waals surface area contributed by atoms with Gasteiger partial charge < -0.3 is 4.90 Å². The molecule has 3 heterocycles. The maximum absolute atomic E-state index is 13.8. The lowest BCUT2D eigenvalue weighted by molar-refractivity contribution is -0.135. The number of ketones is 1. The molecule has 2 aromatic carbocycles. The monoisotopic (exact) mass is 428 g/mol. The van der Waals surface area contributed by atoms with Gasteiger partial charge in [-0.3, -0.25) is 14.4 Å². The number of anilines is 1. The van der Waals surface area contributed by atoms with Crippen LogP contribution in [0.1, 0.15) is 49.1 Å². The molecular formula is C27H28N2O3. The molecule has 2 aromatic rings. The maximum Gasteiger partial charge on any atom is 0.240 e. The topological polar surface area (TPSA) is 57.7 Å². The Balaban J connectivity index is 1.67. The van der Waals surface area contributed by atoms with E-state index in [0.29, 0.717) is 5.69 Å². The van der Waals surface area contributed by atoms with Gasteiger partial charge in [-0.2, -0.15) is 0 Å². The fourth-order valence-corrected chi connectivity index (χ4v) is 5.42. The number of imide groups is 1. The van der Waals surface area contributed by atoms with Crippen molar-refractivity contribution in [2.24, 2.45) is 17.3 Å². The number of benzene rings is 2. The summed E-state index contributed by atoms with van der Waals surface area (Å²) in [6.45, 7) is 9.61. The SMILES string of the molecule is Cc1ccc(N2C(=O)[C@@H]3[C@H](C2=O)C2c4ccccc4C=CN2[C@@H]3C(=O)C(C)(C)C)cc1C. The molecule has 0 N–H and O–H groups in total. The number of aryl methyl sites for hydroxylation is 2. The molecule has 5 heteroatoms. The normalized spacial score (nSPS) is 26.3. The Morgan fingerprint density at radius 1 is 0.906 bits per heavy atom. The van der Waals surface area contributed by atoms with Gasteiger partial charge >= 0.3 is 0 Å². The summed E-state index contributed by atoms with van der Waals surface area (Å²) in [5.74, 6) is -1.79. The van der Waals surface area contributed by atoms with Gasteiger partial charge in [0.05, 0.1) is 23.6 Å². The summed E-state index contributed by atoms with van der Waals surface area (Å²) in [7, 11) is 0. The second-order valence-corrected chi connectivity index (χ2v) is 10.2. The van der Waals surface area contributed by atoms with Gasteiger partial charge in [-0.05, 0) is 54.3 Å². The van der Waals surface area contributed by atoms with Crippen molar-refractivity contribution in [1.29, 1.82) is 0 Å². The summed E-state index contributed by atoms with van der Waals surface area (Å²) in [6.07, 6.45) is 3.88. The predicted molar refractivity (Wildman–Crippen MR) is 124 cm³/mol. The highest BCUT2D eigenvalue weighted by Gasteiger charge is 2.65. The smallest absolute Gasteiger partial charge is 0.240 e. The van der Waals surface area contributed by atoms with Crippen LogP contribution in [-0.4, -0.2) is 28.5 Å². The van der Waals surface area contributed by atoms with Gasteiger partial charge in [0, 0.05) is 11.6 Å². The molecule has 2 fully saturated rings. The lowest BCUT2D eigenvalue weighted by Gasteiger charge is -2.37. The molecule has 5 rings (SSSR count). The lowest BCUT2D eigenvalue weighted by Crippen LogP contribution is -2.47. The lowest BCUT2D eigenvalue weighted by atomic mass is 9.79. The fourth-order valence-electron chi connectivity index (χ4n) is 5.42. The third-order valence-electron chi connectivity index (χ3n) is 7.22. The summed E-state index contributed by atoms with van der Waals surface area (Å²) in [6, 6.07) is 12.6. The molecular weight excluding hydrogens is 400 g/mol. The number of carbonyl (C=O) groups is 3. The van der Waals surface area contributed by atoms with Gasteiger partial charge in [0.2, 0.25) is 11.8 Å². The molecule has 0 spiro atoms. The van der Waals surface area contributed by atoms with E-state index in [4.69, 9.17) is 0 Å². The van der Waals surface area contributed by atoms with E-state index in [1.54, 1.807) is 0 Å². The van der Waals surface area contributed by atoms with Gasteiger partial charge in [-0.1, -0.05) is 51.1 Å². The maximum atomic E-state index is 13.8. The molecule has 5 nitrogen and oxygen atoms in total. The minimum atomic E-state index is -0.698. The van der Waals surface area contributed by atoms with Crippen LogP contribution < -0.4 is 4.90 Å². The van der Waals surface area contributed by atoms with Crippen molar-refractivity contribution < 1.29 is 14.4 Å². The second kappa shape index (κ2) is 6.89. The van der Waals surface area contributed by atoms with Gasteiger partial charge in [0.25, 0.3) is 0 Å². The van der Waals surface area contributed by atoms with Crippen molar-refractivity contribution in [1.82, 2.24) is 4.90 Å². The Hall–Kier alpha value is -3.21. The first-order chi connectivity index (χ1) is 15.1. The number of nitrogens with zero attached hydrogens (tertiary/aromatic N) is 2. The van der Waals surface area contributed by atoms with E-state index in [-0.39, 0.29) is 23.6 Å². The minimum Gasteiger partial charge on any atom is -0.359 e. The van der Waals surface area contributed by atoms with Crippen LogP contribution in [-0.2, 0) is 14.4 Å². The van der Waals surface area contributed by atoms with Crippen molar-refractivity contribution in [2.45, 2.75) is 46.7 Å². The largest absolute Gasteiger partial charge is 0.359 e. The first-order valence-electron chi connectivity index (χ1n) is 11.1. The summed E-state index contributed by atoms with van der Waals surface area (Å²) in [4.78, 5) is 44.5. The summed E-state index contributed by atoms with van der Waals surface area (Å²) in [5, 5.41) is 0. The van der Waals surface area contributed by atoms with Crippen LogP contribution in [0.3, 0.4) is 0 Å². The molecule has 1 unspecified atom stereocenters. The zero-order valence-corrected chi connectivity index (χ0v) is 19.1. The van der Waals surface area contributed by atoms with Crippen LogP contribution in [0.4, 0.5) is 5.69 Å². The fraction of sp³-hybridized carbons (Fsp3) is 0.370. The number of hydrogen-bond acceptors (Lipinski definition) is 4. The van der Waals surface area contributed by atoms with Gasteiger partial charge in [-0.25, -0.2) is 4.90 Å². The van der Waals surface area contributed by atoms with Gasteiger partial charge in [-0.15, -0.1) is 0 Å². The Morgan fingerprint density at radius 3 is 2.28 bits per heavy atom. The van der Waals surface area contributed by atoms with Crippen LogP contribution in [0.5, 0.6) is 0 Å². The highest BCUT2D eigenvalue weighted by molar-refractivity contribution is 6.24. The Labute approximate surface area is 188 Å². The average Bonchev–Trinajstić information content (AvgIpc) is 3.22. The van der Waals surface area contributed by atoms with Crippen LogP contribution in [0.25, 0.3) is 6.08 Å². The molecule has 2 amide bonds. The second-order valence-electron chi connectivity index (χ2n) is 10.2. The third-order valence-corrected chi connectivity index (χ3v) is 7.22. The molecule has 0 saturated carbocycles. The quantitative estimate of drug-likeness (QED) is 0.664. The van der Waals surface area contributed by atoms with E-state index >= 15 is 0 Å². The standard InChI is InChI=1S/C27H28N2O3/c1-15-10-11-18(14-16(15)2)29-25(31)20-21(26(29)32)23(24(30)27(3,4)5)28-13-12-17-8-6-7-9-19(17)22(20)28/h6-14,20-23H,1-5H3/t20-,21+,22?,23-/m0/s1. The van der Waals surface area contributed by atoms with Crippen LogP contribution in [0.15, 0.2) is 48.7 Å². The van der Waals surface area contributed by atoms with E-state index < -0.39 is 23.3 Å². The zero-order valence-electron chi connectivity index (χ0n) is 19.1.